The van der Waals surface area contributed by atoms with Crippen molar-refractivity contribution in [1.82, 2.24) is 0 Å². The lowest BCUT2D eigenvalue weighted by Gasteiger charge is -2.17. The number of benzene rings is 2. The van der Waals surface area contributed by atoms with Crippen molar-refractivity contribution < 1.29 is 14.3 Å². The highest BCUT2D eigenvalue weighted by molar-refractivity contribution is 5.97. The predicted octanol–water partition coefficient (Wildman–Crippen LogP) is 4.04. The van der Waals surface area contributed by atoms with Gasteiger partial charge in [-0.25, -0.2) is 0 Å². The first-order chi connectivity index (χ1) is 9.61. The molecule has 0 bridgehead atoms. The molecular formula is C17H18O3. The van der Waals surface area contributed by atoms with Crippen LogP contribution in [0.3, 0.4) is 0 Å². The summed E-state index contributed by atoms with van der Waals surface area (Å²) in [4.78, 5) is 11.7. The van der Waals surface area contributed by atoms with E-state index >= 15 is 0 Å². The number of ketones is 1. The van der Waals surface area contributed by atoms with Crippen LogP contribution in [0.5, 0.6) is 11.5 Å². The molecule has 0 aliphatic carbocycles. The minimum atomic E-state index is -0.138. The Balaban J connectivity index is 2.29. The van der Waals surface area contributed by atoms with E-state index < -0.39 is 0 Å². The van der Waals surface area contributed by atoms with Gasteiger partial charge in [-0.15, -0.1) is 0 Å². The van der Waals surface area contributed by atoms with Gasteiger partial charge in [0.2, 0.25) is 0 Å². The van der Waals surface area contributed by atoms with Gasteiger partial charge >= 0.3 is 0 Å². The SMILES string of the molecule is COc1ccc(C(C)=O)c(OC(C)c2ccccc2)c1. The molecule has 0 aliphatic heterocycles. The van der Waals surface area contributed by atoms with Crippen LogP contribution in [0.2, 0.25) is 0 Å². The molecule has 0 spiro atoms. The van der Waals surface area contributed by atoms with Crippen LogP contribution in [0.25, 0.3) is 0 Å². The smallest absolute Gasteiger partial charge is 0.163 e. The fraction of sp³-hybridized carbons (Fsp3) is 0.235. The maximum absolute atomic E-state index is 11.7. The number of ether oxygens (including phenoxy) is 2. The van der Waals surface area contributed by atoms with Gasteiger partial charge in [-0.05, 0) is 31.5 Å². The van der Waals surface area contributed by atoms with Crippen LogP contribution in [0.4, 0.5) is 0 Å². The van der Waals surface area contributed by atoms with E-state index in [0.29, 0.717) is 17.1 Å². The van der Waals surface area contributed by atoms with Crippen molar-refractivity contribution in [2.75, 3.05) is 7.11 Å². The highest BCUT2D eigenvalue weighted by atomic mass is 16.5. The van der Waals surface area contributed by atoms with Gasteiger partial charge in [-0.2, -0.15) is 0 Å². The highest BCUT2D eigenvalue weighted by Gasteiger charge is 2.14. The summed E-state index contributed by atoms with van der Waals surface area (Å²) in [6.07, 6.45) is -0.138. The molecule has 1 unspecified atom stereocenters. The van der Waals surface area contributed by atoms with E-state index in [1.807, 2.05) is 37.3 Å². The number of carbonyl (C=O) groups excluding carboxylic acids is 1. The molecule has 0 fully saturated rings. The molecule has 2 rings (SSSR count). The van der Waals surface area contributed by atoms with Gasteiger partial charge < -0.3 is 9.47 Å². The van der Waals surface area contributed by atoms with E-state index in [2.05, 4.69) is 0 Å². The van der Waals surface area contributed by atoms with E-state index in [9.17, 15) is 4.79 Å². The van der Waals surface area contributed by atoms with Crippen molar-refractivity contribution in [2.24, 2.45) is 0 Å². The zero-order valence-electron chi connectivity index (χ0n) is 11.9. The Bertz CT molecular complexity index is 590. The average molecular weight is 270 g/mol. The van der Waals surface area contributed by atoms with E-state index in [1.165, 1.54) is 6.92 Å². The molecule has 0 heterocycles. The lowest BCUT2D eigenvalue weighted by molar-refractivity contribution is 0.101. The second kappa shape index (κ2) is 6.24. The van der Waals surface area contributed by atoms with Crippen molar-refractivity contribution in [3.05, 3.63) is 59.7 Å². The molecule has 0 radical (unpaired) electrons. The Labute approximate surface area is 119 Å². The zero-order chi connectivity index (χ0) is 14.5. The van der Waals surface area contributed by atoms with E-state index in [0.717, 1.165) is 5.56 Å². The topological polar surface area (TPSA) is 35.5 Å². The standard InChI is InChI=1S/C17H18O3/c1-12(18)16-10-9-15(19-3)11-17(16)20-13(2)14-7-5-4-6-8-14/h4-11,13H,1-3H3. The van der Waals surface area contributed by atoms with E-state index in [-0.39, 0.29) is 11.9 Å². The lowest BCUT2D eigenvalue weighted by Crippen LogP contribution is -2.06. The number of hydrogen-bond donors (Lipinski definition) is 0. The summed E-state index contributed by atoms with van der Waals surface area (Å²) in [5.41, 5.74) is 1.62. The molecule has 0 N–H and O–H groups in total. The van der Waals surface area contributed by atoms with Crippen molar-refractivity contribution in [1.29, 1.82) is 0 Å². The Morgan fingerprint density at radius 2 is 1.80 bits per heavy atom. The van der Waals surface area contributed by atoms with Crippen LogP contribution in [-0.4, -0.2) is 12.9 Å². The highest BCUT2D eigenvalue weighted by Crippen LogP contribution is 2.29. The van der Waals surface area contributed by atoms with Gasteiger partial charge in [0.1, 0.15) is 17.6 Å². The van der Waals surface area contributed by atoms with E-state index in [4.69, 9.17) is 9.47 Å². The van der Waals surface area contributed by atoms with Gasteiger partial charge in [0.25, 0.3) is 0 Å². The molecule has 0 saturated carbocycles. The zero-order valence-corrected chi connectivity index (χ0v) is 11.9. The van der Waals surface area contributed by atoms with Crippen molar-refractivity contribution in [3.63, 3.8) is 0 Å². The van der Waals surface area contributed by atoms with E-state index in [1.54, 1.807) is 25.3 Å². The molecule has 0 aromatic heterocycles. The number of methoxy groups -OCH3 is 1. The molecule has 1 atom stereocenters. The van der Waals surface area contributed by atoms with Crippen molar-refractivity contribution >= 4 is 5.78 Å². The fourth-order valence-electron chi connectivity index (χ4n) is 2.00. The summed E-state index contributed by atoms with van der Waals surface area (Å²) < 4.78 is 11.1. The molecule has 0 amide bonds. The third-order valence-corrected chi connectivity index (χ3v) is 3.14. The maximum atomic E-state index is 11.7. The van der Waals surface area contributed by atoms with Gasteiger partial charge in [-0.1, -0.05) is 30.3 Å². The summed E-state index contributed by atoms with van der Waals surface area (Å²) in [6.45, 7) is 3.49. The molecule has 20 heavy (non-hydrogen) atoms. The number of Topliss-reactive ketones (excluding diaryl/α,β-unsaturated/α-hetero) is 1. The second-order valence-corrected chi connectivity index (χ2v) is 4.59. The molecule has 0 aliphatic rings. The van der Waals surface area contributed by atoms with Gasteiger partial charge in [-0.3, -0.25) is 4.79 Å². The van der Waals surface area contributed by atoms with Crippen LogP contribution in [-0.2, 0) is 0 Å². The van der Waals surface area contributed by atoms with Crippen LogP contribution in [0, 0.1) is 0 Å². The van der Waals surface area contributed by atoms with Crippen molar-refractivity contribution in [2.45, 2.75) is 20.0 Å². The summed E-state index contributed by atoms with van der Waals surface area (Å²) in [7, 11) is 1.59. The number of carbonyl (C=O) groups is 1. The first-order valence-corrected chi connectivity index (χ1v) is 6.52. The fourth-order valence-corrected chi connectivity index (χ4v) is 2.00. The van der Waals surface area contributed by atoms with Crippen LogP contribution in [0.15, 0.2) is 48.5 Å². The Morgan fingerprint density at radius 3 is 2.40 bits per heavy atom. The monoisotopic (exact) mass is 270 g/mol. The Kier molecular flexibility index (Phi) is 4.41. The normalized spacial score (nSPS) is 11.8. The van der Waals surface area contributed by atoms with Gasteiger partial charge in [0, 0.05) is 6.07 Å². The van der Waals surface area contributed by atoms with Crippen LogP contribution >= 0.6 is 0 Å². The van der Waals surface area contributed by atoms with Gasteiger partial charge in [0.15, 0.2) is 5.78 Å². The summed E-state index contributed by atoms with van der Waals surface area (Å²) >= 11 is 0. The largest absolute Gasteiger partial charge is 0.497 e. The van der Waals surface area contributed by atoms with Crippen LogP contribution < -0.4 is 9.47 Å². The quantitative estimate of drug-likeness (QED) is 0.769. The first-order valence-electron chi connectivity index (χ1n) is 6.52. The Hall–Kier alpha value is -2.29. The summed E-state index contributed by atoms with van der Waals surface area (Å²) in [5.74, 6) is 1.20. The molecule has 3 heteroatoms. The summed E-state index contributed by atoms with van der Waals surface area (Å²) in [6, 6.07) is 15.1. The average Bonchev–Trinajstić information content (AvgIpc) is 2.47. The molecular weight excluding hydrogens is 252 g/mol. The maximum Gasteiger partial charge on any atom is 0.163 e. The predicted molar refractivity (Wildman–Crippen MR) is 78.5 cm³/mol. The molecule has 2 aromatic rings. The third-order valence-electron chi connectivity index (χ3n) is 3.14. The summed E-state index contributed by atoms with van der Waals surface area (Å²) in [5, 5.41) is 0. The molecule has 2 aromatic carbocycles. The third kappa shape index (κ3) is 3.18. The molecule has 0 saturated heterocycles. The molecule has 3 nitrogen and oxygen atoms in total. The Morgan fingerprint density at radius 1 is 1.10 bits per heavy atom. The number of hydrogen-bond acceptors (Lipinski definition) is 3. The molecule has 104 valence electrons. The van der Waals surface area contributed by atoms with Crippen LogP contribution in [0.1, 0.15) is 35.9 Å². The second-order valence-electron chi connectivity index (χ2n) is 4.59. The number of rotatable bonds is 5. The van der Waals surface area contributed by atoms with Crippen molar-refractivity contribution in [3.8, 4) is 11.5 Å². The minimum absolute atomic E-state index is 0.0251. The lowest BCUT2D eigenvalue weighted by atomic mass is 10.1. The van der Waals surface area contributed by atoms with Gasteiger partial charge in [0.05, 0.1) is 12.7 Å². The first kappa shape index (κ1) is 14.1. The minimum Gasteiger partial charge on any atom is -0.497 e.